The fraction of sp³-hybridized carbons (Fsp3) is 0.318. The maximum Gasteiger partial charge on any atom is 0.307 e. The van der Waals surface area contributed by atoms with Gasteiger partial charge in [-0.2, -0.15) is 5.10 Å². The molecule has 9 heteroatoms. The highest BCUT2D eigenvalue weighted by Crippen LogP contribution is 2.25. The van der Waals surface area contributed by atoms with Gasteiger partial charge in [-0.25, -0.2) is 0 Å². The number of nitrogens with zero attached hydrogens (tertiary/aromatic N) is 4. The molecule has 31 heavy (non-hydrogen) atoms. The molecule has 2 heterocycles. The Kier molecular flexibility index (Phi) is 7.31. The van der Waals surface area contributed by atoms with Crippen molar-refractivity contribution in [2.24, 2.45) is 10.8 Å². The molecule has 2 amide bonds. The van der Waals surface area contributed by atoms with Crippen molar-refractivity contribution in [1.29, 1.82) is 0 Å². The summed E-state index contributed by atoms with van der Waals surface area (Å²) in [6.07, 6.45) is 3.44. The molecule has 0 spiro atoms. The quantitative estimate of drug-likeness (QED) is 0.611. The van der Waals surface area contributed by atoms with E-state index in [4.69, 9.17) is 10.5 Å². The van der Waals surface area contributed by atoms with Gasteiger partial charge >= 0.3 is 5.97 Å². The van der Waals surface area contributed by atoms with Gasteiger partial charge in [0, 0.05) is 31.9 Å². The summed E-state index contributed by atoms with van der Waals surface area (Å²) in [6.45, 7) is 2.40. The highest BCUT2D eigenvalue weighted by Gasteiger charge is 2.36. The summed E-state index contributed by atoms with van der Waals surface area (Å²) in [5.74, 6) is -1.32. The topological polar surface area (TPSA) is 118 Å². The minimum atomic E-state index is -0.758. The number of primary amides is 1. The van der Waals surface area contributed by atoms with Gasteiger partial charge in [-0.15, -0.1) is 0 Å². The van der Waals surface area contributed by atoms with Crippen molar-refractivity contribution in [3.05, 3.63) is 60.4 Å². The number of aromatic nitrogens is 1. The minimum Gasteiger partial charge on any atom is -0.466 e. The number of pyridine rings is 1. The SMILES string of the molecule is CCOC(=O)CCN(Cc1cccnc1)C(=O)C1=NN(c2ccccc2)C(C(N)=O)C1. The van der Waals surface area contributed by atoms with Crippen molar-refractivity contribution in [2.45, 2.75) is 32.4 Å². The zero-order chi connectivity index (χ0) is 22.2. The van der Waals surface area contributed by atoms with Crippen LogP contribution in [0.1, 0.15) is 25.3 Å². The van der Waals surface area contributed by atoms with Crippen molar-refractivity contribution < 1.29 is 19.1 Å². The summed E-state index contributed by atoms with van der Waals surface area (Å²) in [5, 5.41) is 5.89. The van der Waals surface area contributed by atoms with Gasteiger partial charge in [0.1, 0.15) is 11.8 Å². The van der Waals surface area contributed by atoms with E-state index in [1.807, 2.05) is 24.3 Å². The van der Waals surface area contributed by atoms with Crippen LogP contribution in [0.2, 0.25) is 0 Å². The molecule has 1 aliphatic rings. The number of carbonyl (C=O) groups excluding carboxylic acids is 3. The Morgan fingerprint density at radius 3 is 2.61 bits per heavy atom. The summed E-state index contributed by atoms with van der Waals surface area (Å²) in [4.78, 5) is 42.8. The predicted molar refractivity (Wildman–Crippen MR) is 115 cm³/mol. The van der Waals surface area contributed by atoms with Crippen LogP contribution < -0.4 is 10.7 Å². The van der Waals surface area contributed by atoms with Crippen LogP contribution in [-0.4, -0.2) is 52.6 Å². The Bertz CT molecular complexity index is 949. The molecule has 2 N–H and O–H groups in total. The molecule has 1 unspecified atom stereocenters. The lowest BCUT2D eigenvalue weighted by atomic mass is 10.1. The van der Waals surface area contributed by atoms with Gasteiger partial charge in [0.15, 0.2) is 0 Å². The van der Waals surface area contributed by atoms with Gasteiger partial charge < -0.3 is 15.4 Å². The van der Waals surface area contributed by atoms with Crippen LogP contribution in [0, 0.1) is 0 Å². The molecule has 0 aliphatic carbocycles. The first kappa shape index (κ1) is 21.9. The van der Waals surface area contributed by atoms with Crippen LogP contribution in [0.5, 0.6) is 0 Å². The first-order chi connectivity index (χ1) is 15.0. The number of hydrogen-bond donors (Lipinski definition) is 1. The van der Waals surface area contributed by atoms with Crippen molar-refractivity contribution in [3.8, 4) is 0 Å². The average molecular weight is 423 g/mol. The Hall–Kier alpha value is -3.75. The smallest absolute Gasteiger partial charge is 0.307 e. The first-order valence-corrected chi connectivity index (χ1v) is 10.0. The zero-order valence-electron chi connectivity index (χ0n) is 17.3. The minimum absolute atomic E-state index is 0.0504. The molecule has 162 valence electrons. The number of ether oxygens (including phenoxy) is 1. The van der Waals surface area contributed by atoms with E-state index in [0.29, 0.717) is 5.69 Å². The summed E-state index contributed by atoms with van der Waals surface area (Å²) < 4.78 is 4.98. The van der Waals surface area contributed by atoms with E-state index in [1.165, 1.54) is 9.91 Å². The highest BCUT2D eigenvalue weighted by atomic mass is 16.5. The average Bonchev–Trinajstić information content (AvgIpc) is 3.23. The predicted octanol–water partition coefficient (Wildman–Crippen LogP) is 1.48. The number of rotatable bonds is 9. The number of esters is 1. The van der Waals surface area contributed by atoms with Gasteiger partial charge in [0.25, 0.3) is 5.91 Å². The van der Waals surface area contributed by atoms with Crippen LogP contribution >= 0.6 is 0 Å². The molecule has 0 saturated heterocycles. The third-order valence-electron chi connectivity index (χ3n) is 4.78. The molecule has 0 fully saturated rings. The second kappa shape index (κ2) is 10.3. The lowest BCUT2D eigenvalue weighted by Gasteiger charge is -2.22. The standard InChI is InChI=1S/C22H25N5O4/c1-2-31-20(28)10-12-26(15-16-7-6-11-24-14-16)22(30)18-13-19(21(23)29)27(25-18)17-8-4-3-5-9-17/h3-9,11,14,19H,2,10,12-13,15H2,1H3,(H2,23,29). The van der Waals surface area contributed by atoms with Gasteiger partial charge in [0.05, 0.1) is 18.7 Å². The fourth-order valence-corrected chi connectivity index (χ4v) is 3.29. The second-order valence-electron chi connectivity index (χ2n) is 6.99. The Labute approximate surface area is 180 Å². The molecule has 9 nitrogen and oxygen atoms in total. The summed E-state index contributed by atoms with van der Waals surface area (Å²) >= 11 is 0. The van der Waals surface area contributed by atoms with Gasteiger partial charge in [-0.3, -0.25) is 24.4 Å². The van der Waals surface area contributed by atoms with Crippen LogP contribution in [0.15, 0.2) is 60.0 Å². The molecule has 0 saturated carbocycles. The van der Waals surface area contributed by atoms with E-state index >= 15 is 0 Å². The van der Waals surface area contributed by atoms with E-state index in [1.54, 1.807) is 37.5 Å². The largest absolute Gasteiger partial charge is 0.466 e. The van der Waals surface area contributed by atoms with Crippen LogP contribution in [0.4, 0.5) is 5.69 Å². The molecule has 1 aliphatic heterocycles. The van der Waals surface area contributed by atoms with Gasteiger partial charge in [-0.1, -0.05) is 24.3 Å². The Balaban J connectivity index is 1.83. The van der Waals surface area contributed by atoms with E-state index < -0.39 is 11.9 Å². The monoisotopic (exact) mass is 423 g/mol. The molecule has 0 bridgehead atoms. The number of para-hydroxylation sites is 1. The molecular weight excluding hydrogens is 398 g/mol. The Morgan fingerprint density at radius 1 is 1.19 bits per heavy atom. The van der Waals surface area contributed by atoms with Gasteiger partial charge in [0.2, 0.25) is 5.91 Å². The fourth-order valence-electron chi connectivity index (χ4n) is 3.29. The molecule has 3 rings (SSSR count). The molecule has 2 aromatic rings. The summed E-state index contributed by atoms with van der Waals surface area (Å²) in [7, 11) is 0. The lowest BCUT2D eigenvalue weighted by molar-refractivity contribution is -0.143. The second-order valence-corrected chi connectivity index (χ2v) is 6.99. The normalized spacial score (nSPS) is 15.3. The highest BCUT2D eigenvalue weighted by molar-refractivity contribution is 6.40. The van der Waals surface area contributed by atoms with Crippen molar-refractivity contribution in [2.75, 3.05) is 18.2 Å². The number of amides is 2. The van der Waals surface area contributed by atoms with Crippen LogP contribution in [-0.2, 0) is 25.7 Å². The first-order valence-electron chi connectivity index (χ1n) is 10.0. The lowest BCUT2D eigenvalue weighted by Crippen LogP contribution is -2.40. The number of hydrogen-bond acceptors (Lipinski definition) is 7. The van der Waals surface area contributed by atoms with Crippen molar-refractivity contribution in [3.63, 3.8) is 0 Å². The van der Waals surface area contributed by atoms with Gasteiger partial charge in [-0.05, 0) is 30.7 Å². The van der Waals surface area contributed by atoms with E-state index in [9.17, 15) is 14.4 Å². The number of anilines is 1. The van der Waals surface area contributed by atoms with E-state index in [0.717, 1.165) is 5.56 Å². The number of nitrogens with two attached hydrogens (primary N) is 1. The van der Waals surface area contributed by atoms with Crippen LogP contribution in [0.25, 0.3) is 0 Å². The molecule has 1 aromatic carbocycles. The van der Waals surface area contributed by atoms with Crippen molar-refractivity contribution >= 4 is 29.2 Å². The summed E-state index contributed by atoms with van der Waals surface area (Å²) in [6, 6.07) is 11.9. The van der Waals surface area contributed by atoms with Crippen molar-refractivity contribution in [1.82, 2.24) is 9.88 Å². The molecule has 1 aromatic heterocycles. The molecule has 1 atom stereocenters. The Morgan fingerprint density at radius 2 is 1.97 bits per heavy atom. The molecular formula is C22H25N5O4. The van der Waals surface area contributed by atoms with E-state index in [2.05, 4.69) is 10.1 Å². The summed E-state index contributed by atoms with van der Waals surface area (Å²) in [5.41, 5.74) is 7.26. The molecule has 0 radical (unpaired) electrons. The maximum absolute atomic E-state index is 13.3. The number of benzene rings is 1. The number of hydrazone groups is 1. The third kappa shape index (κ3) is 5.65. The van der Waals surface area contributed by atoms with Crippen LogP contribution in [0.3, 0.4) is 0 Å². The maximum atomic E-state index is 13.3. The van der Waals surface area contributed by atoms with E-state index in [-0.39, 0.29) is 50.1 Å². The third-order valence-corrected chi connectivity index (χ3v) is 4.78. The number of carbonyl (C=O) groups is 3. The zero-order valence-corrected chi connectivity index (χ0v) is 17.3.